The Labute approximate surface area is 216 Å². The van der Waals surface area contributed by atoms with Gasteiger partial charge >= 0.3 is 24.1 Å². The average molecular weight is 533 g/mol. The molecule has 0 heterocycles. The van der Waals surface area contributed by atoms with Crippen LogP contribution in [0.1, 0.15) is 24.0 Å². The molecule has 0 saturated heterocycles. The molecule has 14 heteroatoms. The lowest BCUT2D eigenvalue weighted by atomic mass is 10.2. The van der Waals surface area contributed by atoms with Crippen molar-refractivity contribution >= 4 is 35.9 Å². The lowest BCUT2D eigenvalue weighted by Gasteiger charge is -2.12. The number of aliphatic carboxylic acids is 2. The summed E-state index contributed by atoms with van der Waals surface area (Å²) in [6, 6.07) is 15.0. The Balaban J connectivity index is 0.000000380. The van der Waals surface area contributed by atoms with Crippen LogP contribution in [-0.2, 0) is 41.9 Å². The predicted molar refractivity (Wildman–Crippen MR) is 130 cm³/mol. The molecule has 4 amide bonds. The molecule has 2 atom stereocenters. The Kier molecular flexibility index (Phi) is 13.4. The van der Waals surface area contributed by atoms with E-state index in [-0.39, 0.29) is 13.2 Å². The fraction of sp³-hybridized carbons (Fsp3) is 0.250. The molecule has 2 unspecified atom stereocenters. The lowest BCUT2D eigenvalue weighted by molar-refractivity contribution is -0.141. The van der Waals surface area contributed by atoms with Crippen molar-refractivity contribution < 1.29 is 48.5 Å². The van der Waals surface area contributed by atoms with Crippen LogP contribution in [0.2, 0.25) is 0 Å². The number of carboxylic acid groups (broad SMARTS) is 2. The van der Waals surface area contributed by atoms with E-state index in [9.17, 15) is 28.8 Å². The van der Waals surface area contributed by atoms with E-state index in [1.54, 1.807) is 48.5 Å². The maximum Gasteiger partial charge on any atom is 0.408 e. The Bertz CT molecular complexity index is 1010. The molecular weight excluding hydrogens is 504 g/mol. The van der Waals surface area contributed by atoms with Gasteiger partial charge in [0.25, 0.3) is 0 Å². The molecule has 204 valence electrons. The summed E-state index contributed by atoms with van der Waals surface area (Å²) in [5.41, 5.74) is 11.3. The number of carbonyl (C=O) groups is 6. The van der Waals surface area contributed by atoms with Gasteiger partial charge in [0.15, 0.2) is 0 Å². The number of ether oxygens (including phenoxy) is 2. The van der Waals surface area contributed by atoms with Crippen LogP contribution in [0.25, 0.3) is 0 Å². The summed E-state index contributed by atoms with van der Waals surface area (Å²) in [7, 11) is 0. The first kappa shape index (κ1) is 30.9. The quantitative estimate of drug-likeness (QED) is 0.221. The fourth-order valence-electron chi connectivity index (χ4n) is 2.62. The molecule has 0 aliphatic heterocycles. The van der Waals surface area contributed by atoms with E-state index in [0.29, 0.717) is 0 Å². The molecule has 0 aromatic heterocycles. The smallest absolute Gasteiger partial charge is 0.408 e. The number of nitrogens with one attached hydrogen (secondary N) is 2. The number of amides is 4. The largest absolute Gasteiger partial charge is 0.480 e. The zero-order chi connectivity index (χ0) is 28.5. The number of hydrogen-bond donors (Lipinski definition) is 6. The molecule has 0 bridgehead atoms. The van der Waals surface area contributed by atoms with Gasteiger partial charge in [0.05, 0.1) is 12.8 Å². The van der Waals surface area contributed by atoms with Crippen molar-refractivity contribution in [2.45, 2.75) is 38.1 Å². The van der Waals surface area contributed by atoms with Crippen LogP contribution in [0.4, 0.5) is 9.59 Å². The van der Waals surface area contributed by atoms with Gasteiger partial charge in [-0.05, 0) is 11.1 Å². The van der Waals surface area contributed by atoms with Gasteiger partial charge < -0.3 is 41.8 Å². The van der Waals surface area contributed by atoms with Crippen LogP contribution in [0, 0.1) is 0 Å². The van der Waals surface area contributed by atoms with Crippen molar-refractivity contribution in [2.75, 3.05) is 0 Å². The number of nitrogens with two attached hydrogens (primary N) is 2. The molecule has 0 radical (unpaired) electrons. The molecule has 8 N–H and O–H groups in total. The molecule has 2 rings (SSSR count). The van der Waals surface area contributed by atoms with Crippen molar-refractivity contribution in [1.82, 2.24) is 10.6 Å². The topological polar surface area (TPSA) is 237 Å². The van der Waals surface area contributed by atoms with Crippen molar-refractivity contribution in [3.8, 4) is 0 Å². The van der Waals surface area contributed by atoms with E-state index >= 15 is 0 Å². The predicted octanol–water partition coefficient (Wildman–Crippen LogP) is 0.483. The molecule has 0 fully saturated rings. The van der Waals surface area contributed by atoms with Crippen molar-refractivity contribution in [3.63, 3.8) is 0 Å². The van der Waals surface area contributed by atoms with Gasteiger partial charge in [0.1, 0.15) is 25.3 Å². The van der Waals surface area contributed by atoms with E-state index in [1.807, 2.05) is 12.1 Å². The Morgan fingerprint density at radius 1 is 0.632 bits per heavy atom. The number of alkyl carbamates (subject to hydrolysis) is 2. The van der Waals surface area contributed by atoms with Crippen LogP contribution in [-0.4, -0.2) is 58.2 Å². The Hall–Kier alpha value is -5.14. The van der Waals surface area contributed by atoms with Crippen LogP contribution < -0.4 is 22.1 Å². The van der Waals surface area contributed by atoms with E-state index in [0.717, 1.165) is 11.1 Å². The highest BCUT2D eigenvalue weighted by atomic mass is 16.6. The molecule has 0 aliphatic carbocycles. The zero-order valence-corrected chi connectivity index (χ0v) is 20.1. The van der Waals surface area contributed by atoms with Crippen molar-refractivity contribution in [1.29, 1.82) is 0 Å². The summed E-state index contributed by atoms with van der Waals surface area (Å²) in [5, 5.41) is 21.7. The normalized spacial score (nSPS) is 11.4. The number of carbonyl (C=O) groups excluding carboxylic acids is 4. The minimum Gasteiger partial charge on any atom is -0.480 e. The Morgan fingerprint density at radius 3 is 1.21 bits per heavy atom. The first-order chi connectivity index (χ1) is 18.0. The van der Waals surface area contributed by atoms with Gasteiger partial charge in [-0.3, -0.25) is 9.59 Å². The highest BCUT2D eigenvalue weighted by Crippen LogP contribution is 2.02. The molecule has 0 aliphatic rings. The molecule has 0 spiro atoms. The monoisotopic (exact) mass is 532 g/mol. The van der Waals surface area contributed by atoms with Gasteiger partial charge in [0, 0.05) is 0 Å². The summed E-state index contributed by atoms with van der Waals surface area (Å²) < 4.78 is 9.65. The summed E-state index contributed by atoms with van der Waals surface area (Å²) >= 11 is 0. The minimum atomic E-state index is -1.39. The second-order valence-electron chi connectivity index (χ2n) is 7.53. The molecule has 14 nitrogen and oxygen atoms in total. The molecular formula is C24H28N4O10. The third-order valence-corrected chi connectivity index (χ3v) is 4.42. The number of primary amides is 2. The van der Waals surface area contributed by atoms with Gasteiger partial charge in [0.2, 0.25) is 11.8 Å². The second-order valence-corrected chi connectivity index (χ2v) is 7.53. The highest BCUT2D eigenvalue weighted by molar-refractivity contribution is 5.87. The average Bonchev–Trinajstić information content (AvgIpc) is 2.86. The molecule has 0 saturated carbocycles. The summed E-state index contributed by atoms with van der Waals surface area (Å²) in [6.45, 7) is 0.0190. The van der Waals surface area contributed by atoms with Gasteiger partial charge in [-0.15, -0.1) is 0 Å². The van der Waals surface area contributed by atoms with E-state index in [2.05, 4.69) is 10.6 Å². The fourth-order valence-corrected chi connectivity index (χ4v) is 2.62. The van der Waals surface area contributed by atoms with E-state index in [4.69, 9.17) is 31.2 Å². The van der Waals surface area contributed by atoms with Crippen LogP contribution in [0.5, 0.6) is 0 Å². The van der Waals surface area contributed by atoms with Crippen LogP contribution in [0.15, 0.2) is 60.7 Å². The van der Waals surface area contributed by atoms with Crippen molar-refractivity contribution in [3.05, 3.63) is 71.8 Å². The zero-order valence-electron chi connectivity index (χ0n) is 20.1. The van der Waals surface area contributed by atoms with E-state index < -0.39 is 60.9 Å². The lowest BCUT2D eigenvalue weighted by Crippen LogP contribution is -2.43. The maximum atomic E-state index is 11.4. The number of benzene rings is 2. The third-order valence-electron chi connectivity index (χ3n) is 4.42. The molecule has 2 aromatic carbocycles. The third kappa shape index (κ3) is 13.7. The molecule has 38 heavy (non-hydrogen) atoms. The SMILES string of the molecule is NC(=O)CC(NC(=O)OCc1ccccc1)C(=O)O.NC(=O)CC(NC(=O)OCc1ccccc1)C(=O)O. The van der Waals surface area contributed by atoms with Gasteiger partial charge in [-0.1, -0.05) is 60.7 Å². The molecule has 2 aromatic rings. The maximum absolute atomic E-state index is 11.4. The number of carboxylic acids is 2. The van der Waals surface area contributed by atoms with E-state index in [1.165, 1.54) is 0 Å². The second kappa shape index (κ2) is 16.5. The summed E-state index contributed by atoms with van der Waals surface area (Å²) in [5.74, 6) is -4.35. The standard InChI is InChI=1S/2C12H14N2O5/c2*13-10(15)6-9(11(16)17)14-12(18)19-7-8-4-2-1-3-5-8/h2*1-5,9H,6-7H2,(H2,13,15)(H,14,18)(H,16,17). The van der Waals surface area contributed by atoms with Crippen LogP contribution >= 0.6 is 0 Å². The first-order valence-electron chi connectivity index (χ1n) is 10.9. The summed E-state index contributed by atoms with van der Waals surface area (Å²) in [6.07, 6.45) is -2.82. The van der Waals surface area contributed by atoms with Gasteiger partial charge in [-0.2, -0.15) is 0 Å². The highest BCUT2D eigenvalue weighted by Gasteiger charge is 2.23. The number of hydrogen-bond acceptors (Lipinski definition) is 8. The van der Waals surface area contributed by atoms with Crippen LogP contribution in [0.3, 0.4) is 0 Å². The van der Waals surface area contributed by atoms with Crippen molar-refractivity contribution in [2.24, 2.45) is 11.5 Å². The minimum absolute atomic E-state index is 0.00951. The first-order valence-corrected chi connectivity index (χ1v) is 10.9. The Morgan fingerprint density at radius 2 is 0.947 bits per heavy atom. The van der Waals surface area contributed by atoms with Gasteiger partial charge in [-0.25, -0.2) is 19.2 Å². The number of rotatable bonds is 12. The summed E-state index contributed by atoms with van der Waals surface area (Å²) in [4.78, 5) is 65.5.